The minimum atomic E-state index is -4.56. The van der Waals surface area contributed by atoms with Gasteiger partial charge in [0.2, 0.25) is 0 Å². The molecular weight excluding hydrogens is 701 g/mol. The average molecular weight is 782 g/mol. The third-order valence-corrected chi connectivity index (χ3v) is 9.73. The molecule has 10 heteroatoms. The highest BCUT2D eigenvalue weighted by Crippen LogP contribution is 2.38. The van der Waals surface area contributed by atoms with E-state index in [0.29, 0.717) is 23.9 Å². The van der Waals surface area contributed by atoms with E-state index in [1.54, 1.807) is 6.08 Å². The second-order valence-corrected chi connectivity index (χ2v) is 16.7. The van der Waals surface area contributed by atoms with E-state index in [1.807, 2.05) is 45.4 Å². The number of unbranched alkanes of at least 4 members (excludes halogenated alkanes) is 15. The van der Waals surface area contributed by atoms with Crippen LogP contribution >= 0.6 is 7.82 Å². The van der Waals surface area contributed by atoms with Gasteiger partial charge in [-0.2, -0.15) is 0 Å². The van der Waals surface area contributed by atoms with Crippen molar-refractivity contribution in [2.75, 3.05) is 47.5 Å². The van der Waals surface area contributed by atoms with E-state index in [2.05, 4.69) is 38.2 Å². The summed E-state index contributed by atoms with van der Waals surface area (Å²) < 4.78 is 34.1. The summed E-state index contributed by atoms with van der Waals surface area (Å²) >= 11 is 0. The highest BCUT2D eigenvalue weighted by molar-refractivity contribution is 7.45. The molecule has 0 aromatic carbocycles. The Morgan fingerprint density at radius 3 is 1.91 bits per heavy atom. The number of esters is 1. The second-order valence-electron chi connectivity index (χ2n) is 15.3. The molecule has 0 aliphatic rings. The van der Waals surface area contributed by atoms with E-state index < -0.39 is 26.0 Å². The number of ether oxygens (including phenoxy) is 2. The number of aliphatic hydroxyl groups is 1. The monoisotopic (exact) mass is 782 g/mol. The number of carbonyl (C=O) groups is 1. The van der Waals surface area contributed by atoms with Crippen LogP contribution in [0.1, 0.15) is 155 Å². The van der Waals surface area contributed by atoms with Gasteiger partial charge in [-0.3, -0.25) is 9.36 Å². The van der Waals surface area contributed by atoms with E-state index in [-0.39, 0.29) is 26.2 Å². The molecule has 1 unspecified atom stereocenters. The van der Waals surface area contributed by atoms with Gasteiger partial charge < -0.3 is 33.0 Å². The molecule has 0 aliphatic heterocycles. The van der Waals surface area contributed by atoms with Crippen LogP contribution in [-0.2, 0) is 27.9 Å². The smallest absolute Gasteiger partial charge is 0.305 e. The van der Waals surface area contributed by atoms with Crippen molar-refractivity contribution in [2.45, 2.75) is 167 Å². The van der Waals surface area contributed by atoms with Crippen LogP contribution in [0, 0.1) is 0 Å². The van der Waals surface area contributed by atoms with Gasteiger partial charge in [0.1, 0.15) is 19.8 Å². The minimum Gasteiger partial charge on any atom is -0.756 e. The van der Waals surface area contributed by atoms with E-state index in [0.717, 1.165) is 38.5 Å². The van der Waals surface area contributed by atoms with Crippen LogP contribution in [0.15, 0.2) is 60.9 Å². The van der Waals surface area contributed by atoms with Gasteiger partial charge in [-0.05, 0) is 57.4 Å². The van der Waals surface area contributed by atoms with Crippen molar-refractivity contribution in [1.82, 2.24) is 0 Å². The molecule has 1 N–H and O–H groups in total. The zero-order valence-corrected chi connectivity index (χ0v) is 35.9. The Kier molecular flexibility index (Phi) is 35.3. The number of allylic oxidation sites excluding steroid dienone is 8. The Labute approximate surface area is 331 Å². The number of hydrogen-bond donors (Lipinski definition) is 1. The predicted octanol–water partition coefficient (Wildman–Crippen LogP) is 10.8. The molecule has 0 amide bonds. The zero-order valence-electron chi connectivity index (χ0n) is 35.0. The molecule has 0 saturated carbocycles. The zero-order chi connectivity index (χ0) is 40.0. The number of rotatable bonds is 38. The maximum atomic E-state index is 12.5. The summed E-state index contributed by atoms with van der Waals surface area (Å²) in [6, 6.07) is 0. The highest BCUT2D eigenvalue weighted by atomic mass is 31.2. The minimum absolute atomic E-state index is 0.00419. The standard InChI is InChI=1S/C44H80NO8P/c1-6-8-10-12-14-16-18-20-22-24-26-28-30-32-38-50-43(41-53-54(48,49)52-39-37-45(3,4)5)40-51-44(47)36-33-35-42(46)34-31-29-27-25-23-21-19-17-15-13-11-9-7-2/h15,17,21,23,27,29,31-32,34,38,42-43,46H,6-14,16,18-20,22,24-26,28,30,33,35-37,39-41H2,1-5H3/b17-15-,23-21-,29-27-,34-31+,38-32+/t42-,43-/m1/s1. The van der Waals surface area contributed by atoms with Crippen LogP contribution in [-0.4, -0.2) is 75.3 Å². The number of aliphatic hydroxyl groups excluding tert-OH is 1. The maximum Gasteiger partial charge on any atom is 0.305 e. The van der Waals surface area contributed by atoms with Crippen LogP contribution < -0.4 is 4.89 Å². The molecule has 0 fully saturated rings. The van der Waals surface area contributed by atoms with Crippen LogP contribution in [0.4, 0.5) is 0 Å². The number of hydrogen-bond acceptors (Lipinski definition) is 8. The van der Waals surface area contributed by atoms with E-state index in [4.69, 9.17) is 18.5 Å². The quantitative estimate of drug-likeness (QED) is 0.0125. The third kappa shape index (κ3) is 39.7. The Balaban J connectivity index is 4.51. The number of nitrogens with zero attached hydrogens (tertiary/aromatic N) is 1. The molecule has 0 aromatic heterocycles. The highest BCUT2D eigenvalue weighted by Gasteiger charge is 2.19. The molecule has 0 saturated heterocycles. The fraction of sp³-hybridized carbons (Fsp3) is 0.750. The second kappa shape index (κ2) is 36.6. The normalized spacial score (nSPS) is 14.9. The average Bonchev–Trinajstić information content (AvgIpc) is 3.12. The topological polar surface area (TPSA) is 114 Å². The summed E-state index contributed by atoms with van der Waals surface area (Å²) in [6.07, 6.45) is 42.2. The van der Waals surface area contributed by atoms with Gasteiger partial charge in [0.25, 0.3) is 7.82 Å². The summed E-state index contributed by atoms with van der Waals surface area (Å²) in [4.78, 5) is 24.8. The van der Waals surface area contributed by atoms with Crippen LogP contribution in [0.3, 0.4) is 0 Å². The first-order valence-corrected chi connectivity index (χ1v) is 22.6. The van der Waals surface area contributed by atoms with Gasteiger partial charge in [-0.25, -0.2) is 0 Å². The molecule has 9 nitrogen and oxygen atoms in total. The largest absolute Gasteiger partial charge is 0.756 e. The van der Waals surface area contributed by atoms with Crippen molar-refractivity contribution in [3.05, 3.63) is 60.9 Å². The molecule has 3 atom stereocenters. The molecule has 0 aliphatic carbocycles. The third-order valence-electron chi connectivity index (χ3n) is 8.77. The first-order valence-electron chi connectivity index (χ1n) is 21.2. The van der Waals surface area contributed by atoms with Crippen LogP contribution in [0.5, 0.6) is 0 Å². The van der Waals surface area contributed by atoms with Crippen molar-refractivity contribution >= 4 is 13.8 Å². The first kappa shape index (κ1) is 52.0. The van der Waals surface area contributed by atoms with E-state index >= 15 is 0 Å². The van der Waals surface area contributed by atoms with Crippen LogP contribution in [0.25, 0.3) is 0 Å². The molecule has 0 aromatic rings. The summed E-state index contributed by atoms with van der Waals surface area (Å²) in [6.45, 7) is 4.44. The fourth-order valence-corrected chi connectivity index (χ4v) is 6.07. The number of phosphoric ester groups is 1. The molecule has 0 rings (SSSR count). The van der Waals surface area contributed by atoms with E-state index in [9.17, 15) is 19.4 Å². The fourth-order valence-electron chi connectivity index (χ4n) is 5.34. The first-order chi connectivity index (χ1) is 26.0. The van der Waals surface area contributed by atoms with Gasteiger partial charge in [0, 0.05) is 6.42 Å². The van der Waals surface area contributed by atoms with Crippen molar-refractivity contribution in [3.63, 3.8) is 0 Å². The van der Waals surface area contributed by atoms with Crippen molar-refractivity contribution < 1.29 is 42.4 Å². The summed E-state index contributed by atoms with van der Waals surface area (Å²) in [7, 11) is 1.25. The van der Waals surface area contributed by atoms with Gasteiger partial charge in [0.05, 0.1) is 40.1 Å². The summed E-state index contributed by atoms with van der Waals surface area (Å²) in [5.74, 6) is -0.452. The Morgan fingerprint density at radius 2 is 1.26 bits per heavy atom. The molecule has 0 bridgehead atoms. The van der Waals surface area contributed by atoms with Crippen molar-refractivity contribution in [1.29, 1.82) is 0 Å². The van der Waals surface area contributed by atoms with Crippen molar-refractivity contribution in [3.8, 4) is 0 Å². The molecular formula is C44H80NO8P. The SMILES string of the molecule is CCCCC/C=C\C/C=C\C/C=C\C=C\[C@@H](O)CCCC(=O)OC[C@H](COP(=O)([O-])OCC[N+](C)(C)C)O/C=C/CCCCCCCCCCCCCC. The lowest BCUT2D eigenvalue weighted by molar-refractivity contribution is -0.870. The predicted molar refractivity (Wildman–Crippen MR) is 223 cm³/mol. The number of carbonyl (C=O) groups excluding carboxylic acids is 1. The molecule has 54 heavy (non-hydrogen) atoms. The van der Waals surface area contributed by atoms with Gasteiger partial charge in [-0.1, -0.05) is 146 Å². The van der Waals surface area contributed by atoms with Gasteiger partial charge >= 0.3 is 5.97 Å². The lowest BCUT2D eigenvalue weighted by Gasteiger charge is -2.28. The Hall–Kier alpha value is -2.00. The summed E-state index contributed by atoms with van der Waals surface area (Å²) in [5, 5.41) is 10.3. The van der Waals surface area contributed by atoms with Gasteiger partial charge in [0.15, 0.2) is 6.10 Å². The lowest BCUT2D eigenvalue weighted by atomic mass is 10.0. The maximum absolute atomic E-state index is 12.5. The number of likely N-dealkylation sites (N-methyl/N-ethyl adjacent to an activating group) is 1. The molecule has 0 heterocycles. The molecule has 314 valence electrons. The van der Waals surface area contributed by atoms with Crippen molar-refractivity contribution in [2.24, 2.45) is 0 Å². The summed E-state index contributed by atoms with van der Waals surface area (Å²) in [5.41, 5.74) is 0. The molecule has 0 radical (unpaired) electrons. The van der Waals surface area contributed by atoms with E-state index in [1.165, 1.54) is 89.7 Å². The Morgan fingerprint density at radius 1 is 0.704 bits per heavy atom. The van der Waals surface area contributed by atoms with Gasteiger partial charge in [-0.15, -0.1) is 0 Å². The molecule has 0 spiro atoms. The Bertz CT molecular complexity index is 1070. The number of phosphoric acid groups is 1. The lowest BCUT2D eigenvalue weighted by Crippen LogP contribution is -2.37. The van der Waals surface area contributed by atoms with Crippen LogP contribution in [0.2, 0.25) is 0 Å². The number of quaternary nitrogens is 1.